The van der Waals surface area contributed by atoms with Crippen LogP contribution in [0.2, 0.25) is 0 Å². The van der Waals surface area contributed by atoms with E-state index < -0.39 is 0 Å². The van der Waals surface area contributed by atoms with Gasteiger partial charge in [-0.1, -0.05) is 24.7 Å². The number of ether oxygens (including phenoxy) is 1. The summed E-state index contributed by atoms with van der Waals surface area (Å²) in [7, 11) is 1.49. The van der Waals surface area contributed by atoms with Gasteiger partial charge in [-0.25, -0.2) is 4.90 Å². The number of nitrogens with zero attached hydrogens (tertiary/aromatic N) is 1. The van der Waals surface area contributed by atoms with E-state index in [1.165, 1.54) is 12.0 Å². The average molecular weight is 304 g/mol. The van der Waals surface area contributed by atoms with Crippen molar-refractivity contribution in [3.05, 3.63) is 23.8 Å². The molecule has 1 aromatic carbocycles. The molecule has 2 amide bonds. The molecule has 2 unspecified atom stereocenters. The van der Waals surface area contributed by atoms with Crippen molar-refractivity contribution >= 4 is 34.7 Å². The van der Waals surface area contributed by atoms with E-state index in [9.17, 15) is 9.59 Å². The Hall–Kier alpha value is -1.95. The Bertz CT molecular complexity index is 622. The first-order chi connectivity index (χ1) is 10.1. The fourth-order valence-electron chi connectivity index (χ4n) is 3.33. The third kappa shape index (κ3) is 2.01. The van der Waals surface area contributed by atoms with E-state index in [1.54, 1.807) is 18.2 Å². The maximum Gasteiger partial charge on any atom is 0.237 e. The lowest BCUT2D eigenvalue weighted by molar-refractivity contribution is -0.122. The van der Waals surface area contributed by atoms with Crippen LogP contribution in [0.4, 0.5) is 5.69 Å². The maximum absolute atomic E-state index is 12.6. The topological polar surface area (TPSA) is 72.6 Å². The Morgan fingerprint density at radius 1 is 1.29 bits per heavy atom. The number of carbonyl (C=O) groups is 2. The highest BCUT2D eigenvalue weighted by molar-refractivity contribution is 7.80. The van der Waals surface area contributed by atoms with Crippen LogP contribution in [0.5, 0.6) is 5.75 Å². The van der Waals surface area contributed by atoms with Gasteiger partial charge < -0.3 is 10.5 Å². The number of amides is 2. The molecule has 2 atom stereocenters. The number of imide groups is 1. The molecule has 1 aliphatic heterocycles. The summed E-state index contributed by atoms with van der Waals surface area (Å²) in [5.41, 5.74) is 6.62. The Morgan fingerprint density at radius 3 is 2.43 bits per heavy atom. The van der Waals surface area contributed by atoms with E-state index in [0.29, 0.717) is 17.0 Å². The van der Waals surface area contributed by atoms with Gasteiger partial charge in [-0.15, -0.1) is 0 Å². The van der Waals surface area contributed by atoms with Crippen LogP contribution in [-0.2, 0) is 9.59 Å². The normalized spacial score (nSPS) is 24.3. The van der Waals surface area contributed by atoms with Crippen molar-refractivity contribution < 1.29 is 14.3 Å². The number of hydrogen-bond acceptors (Lipinski definition) is 4. The van der Waals surface area contributed by atoms with E-state index >= 15 is 0 Å². The molecule has 0 spiro atoms. The van der Waals surface area contributed by atoms with Gasteiger partial charge in [0.2, 0.25) is 11.8 Å². The lowest BCUT2D eigenvalue weighted by Crippen LogP contribution is -2.34. The Kier molecular flexibility index (Phi) is 3.41. The van der Waals surface area contributed by atoms with Gasteiger partial charge in [0, 0.05) is 5.56 Å². The van der Waals surface area contributed by atoms with Crippen molar-refractivity contribution in [1.29, 1.82) is 0 Å². The summed E-state index contributed by atoms with van der Waals surface area (Å²) in [6.07, 6.45) is 2.46. The van der Waals surface area contributed by atoms with E-state index in [2.05, 4.69) is 0 Å². The van der Waals surface area contributed by atoms with E-state index in [1.807, 2.05) is 0 Å². The Labute approximate surface area is 128 Å². The highest BCUT2D eigenvalue weighted by atomic mass is 32.1. The van der Waals surface area contributed by atoms with Crippen molar-refractivity contribution in [2.24, 2.45) is 17.6 Å². The zero-order valence-electron chi connectivity index (χ0n) is 11.7. The van der Waals surface area contributed by atoms with E-state index in [4.69, 9.17) is 22.7 Å². The quantitative estimate of drug-likeness (QED) is 0.678. The van der Waals surface area contributed by atoms with Crippen LogP contribution in [0, 0.1) is 11.8 Å². The minimum absolute atomic E-state index is 0.140. The van der Waals surface area contributed by atoms with Crippen LogP contribution in [-0.4, -0.2) is 23.9 Å². The van der Waals surface area contributed by atoms with Crippen LogP contribution in [0.3, 0.4) is 0 Å². The molecule has 2 N–H and O–H groups in total. The zero-order chi connectivity index (χ0) is 15.1. The Balaban J connectivity index is 2.14. The summed E-state index contributed by atoms with van der Waals surface area (Å²) in [6.45, 7) is 0. The van der Waals surface area contributed by atoms with Crippen molar-refractivity contribution in [1.82, 2.24) is 0 Å². The molecule has 5 nitrogen and oxygen atoms in total. The summed E-state index contributed by atoms with van der Waals surface area (Å²) in [5.74, 6) is -0.306. The maximum atomic E-state index is 12.6. The number of para-hydroxylation sites is 1. The second kappa shape index (κ2) is 5.11. The molecule has 21 heavy (non-hydrogen) atoms. The number of hydrogen-bond donors (Lipinski definition) is 1. The molecule has 3 rings (SSSR count). The van der Waals surface area contributed by atoms with Crippen molar-refractivity contribution in [2.75, 3.05) is 12.0 Å². The summed E-state index contributed by atoms with van der Waals surface area (Å²) in [6, 6.07) is 5.14. The van der Waals surface area contributed by atoms with Crippen LogP contribution in [0.25, 0.3) is 0 Å². The SMILES string of the molecule is COc1cccc(C(N)=S)c1N1C(=O)C2CCCC2C1=O. The minimum atomic E-state index is -0.207. The van der Waals surface area contributed by atoms with E-state index in [-0.39, 0.29) is 28.6 Å². The van der Waals surface area contributed by atoms with Gasteiger partial charge in [0.05, 0.1) is 18.9 Å². The summed E-state index contributed by atoms with van der Waals surface area (Å²) in [4.78, 5) is 26.6. The summed E-state index contributed by atoms with van der Waals surface area (Å²) >= 11 is 5.04. The number of methoxy groups -OCH3 is 1. The number of thiocarbonyl (C=S) groups is 1. The summed E-state index contributed by atoms with van der Waals surface area (Å²) in [5, 5.41) is 0. The third-order valence-electron chi connectivity index (χ3n) is 4.30. The van der Waals surface area contributed by atoms with Crippen LogP contribution in [0.15, 0.2) is 18.2 Å². The average Bonchev–Trinajstić information content (AvgIpc) is 3.03. The lowest BCUT2D eigenvalue weighted by Gasteiger charge is -2.21. The standard InChI is InChI=1S/C15H16N2O3S/c1-20-11-7-3-6-10(13(16)21)12(11)17-14(18)8-4-2-5-9(8)15(17)19/h3,6-9H,2,4-5H2,1H3,(H2,16,21). The number of fused-ring (bicyclic) bond motifs is 1. The highest BCUT2D eigenvalue weighted by Gasteiger charge is 2.51. The molecule has 1 saturated carbocycles. The second-order valence-electron chi connectivity index (χ2n) is 5.38. The van der Waals surface area contributed by atoms with Gasteiger partial charge in [0.15, 0.2) is 0 Å². The highest BCUT2D eigenvalue weighted by Crippen LogP contribution is 2.44. The van der Waals surface area contributed by atoms with Crippen molar-refractivity contribution in [3.8, 4) is 5.75 Å². The molecule has 0 radical (unpaired) electrons. The summed E-state index contributed by atoms with van der Waals surface area (Å²) < 4.78 is 5.31. The molecule has 1 heterocycles. The van der Waals surface area contributed by atoms with Crippen LogP contribution in [0.1, 0.15) is 24.8 Å². The van der Waals surface area contributed by atoms with Crippen molar-refractivity contribution in [2.45, 2.75) is 19.3 Å². The molecule has 0 bridgehead atoms. The fraction of sp³-hybridized carbons (Fsp3) is 0.400. The smallest absolute Gasteiger partial charge is 0.237 e. The first kappa shape index (κ1) is 14.0. The van der Waals surface area contributed by atoms with Gasteiger partial charge in [0.25, 0.3) is 0 Å². The number of nitrogens with two attached hydrogens (primary N) is 1. The first-order valence-electron chi connectivity index (χ1n) is 6.91. The molecule has 6 heteroatoms. The van der Waals surface area contributed by atoms with Crippen molar-refractivity contribution in [3.63, 3.8) is 0 Å². The molecular formula is C15H16N2O3S. The Morgan fingerprint density at radius 2 is 1.90 bits per heavy atom. The van der Waals surface area contributed by atoms with Gasteiger partial charge in [-0.2, -0.15) is 0 Å². The first-order valence-corrected chi connectivity index (χ1v) is 7.31. The van der Waals surface area contributed by atoms with Gasteiger partial charge in [0.1, 0.15) is 16.4 Å². The number of anilines is 1. The predicted molar refractivity (Wildman–Crippen MR) is 82.2 cm³/mol. The molecule has 1 aliphatic carbocycles. The number of benzene rings is 1. The second-order valence-corrected chi connectivity index (χ2v) is 5.82. The molecular weight excluding hydrogens is 288 g/mol. The largest absolute Gasteiger partial charge is 0.495 e. The monoisotopic (exact) mass is 304 g/mol. The van der Waals surface area contributed by atoms with Crippen LogP contribution >= 0.6 is 12.2 Å². The molecule has 2 fully saturated rings. The van der Waals surface area contributed by atoms with Gasteiger partial charge in [-0.3, -0.25) is 9.59 Å². The van der Waals surface area contributed by atoms with E-state index in [0.717, 1.165) is 19.3 Å². The third-order valence-corrected chi connectivity index (χ3v) is 4.52. The van der Waals surface area contributed by atoms with Gasteiger partial charge >= 0.3 is 0 Å². The molecule has 110 valence electrons. The van der Waals surface area contributed by atoms with Gasteiger partial charge in [-0.05, 0) is 25.0 Å². The lowest BCUT2D eigenvalue weighted by atomic mass is 10.00. The minimum Gasteiger partial charge on any atom is -0.495 e. The molecule has 2 aliphatic rings. The molecule has 1 saturated heterocycles. The zero-order valence-corrected chi connectivity index (χ0v) is 12.5. The molecule has 1 aromatic rings. The number of rotatable bonds is 3. The molecule has 0 aromatic heterocycles. The van der Waals surface area contributed by atoms with Crippen LogP contribution < -0.4 is 15.4 Å². The number of carbonyl (C=O) groups excluding carboxylic acids is 2. The predicted octanol–water partition coefficient (Wildman–Crippen LogP) is 1.62. The fourth-order valence-corrected chi connectivity index (χ4v) is 3.49.